The Balaban J connectivity index is 2.03. The van der Waals surface area contributed by atoms with E-state index in [9.17, 15) is 9.90 Å². The summed E-state index contributed by atoms with van der Waals surface area (Å²) in [4.78, 5) is 17.9. The third kappa shape index (κ3) is 3.06. The van der Waals surface area contributed by atoms with Crippen LogP contribution in [0.2, 0.25) is 0 Å². The van der Waals surface area contributed by atoms with E-state index < -0.39 is 0 Å². The van der Waals surface area contributed by atoms with Crippen LogP contribution >= 0.6 is 0 Å². The average Bonchev–Trinajstić information content (AvgIpc) is 2.38. The number of likely N-dealkylation sites (tertiary alicyclic amines) is 1. The van der Waals surface area contributed by atoms with Crippen LogP contribution in [0.1, 0.15) is 44.0 Å². The predicted molar refractivity (Wildman–Crippen MR) is 74.0 cm³/mol. The van der Waals surface area contributed by atoms with Crippen molar-refractivity contribution in [3.05, 3.63) is 24.0 Å². The molecule has 4 heteroatoms. The van der Waals surface area contributed by atoms with Gasteiger partial charge in [0.15, 0.2) is 0 Å². The van der Waals surface area contributed by atoms with Gasteiger partial charge in [0.1, 0.15) is 5.75 Å². The number of aromatic nitrogens is 1. The fourth-order valence-electron chi connectivity index (χ4n) is 2.69. The van der Waals surface area contributed by atoms with Gasteiger partial charge in [0.2, 0.25) is 0 Å². The van der Waals surface area contributed by atoms with Gasteiger partial charge in [-0.3, -0.25) is 9.78 Å². The third-order valence-corrected chi connectivity index (χ3v) is 4.04. The van der Waals surface area contributed by atoms with Crippen LogP contribution in [-0.4, -0.2) is 34.0 Å². The fourth-order valence-corrected chi connectivity index (χ4v) is 2.69. The molecule has 1 saturated heterocycles. The van der Waals surface area contributed by atoms with E-state index in [-0.39, 0.29) is 11.7 Å². The summed E-state index contributed by atoms with van der Waals surface area (Å²) in [7, 11) is 0. The molecule has 2 rings (SSSR count). The molecule has 0 aromatic carbocycles. The smallest absolute Gasteiger partial charge is 0.257 e. The second-order valence-electron chi connectivity index (χ2n) is 6.33. The molecule has 1 aromatic rings. The van der Waals surface area contributed by atoms with Crippen LogP contribution in [0.3, 0.4) is 0 Å². The molecule has 0 bridgehead atoms. The standard InChI is InChI=1S/C15H22N2O2/c1-15(2,3)11-5-8-17(9-6-11)14(19)12-4-7-16-10-13(12)18/h4,7,10-11,18H,5-6,8-9H2,1-3H3. The molecule has 104 valence electrons. The van der Waals surface area contributed by atoms with Crippen LogP contribution in [0.4, 0.5) is 0 Å². The molecule has 0 radical (unpaired) electrons. The van der Waals surface area contributed by atoms with Gasteiger partial charge < -0.3 is 10.0 Å². The second kappa shape index (κ2) is 5.19. The number of pyridine rings is 1. The van der Waals surface area contributed by atoms with Crippen molar-refractivity contribution in [2.75, 3.05) is 13.1 Å². The summed E-state index contributed by atoms with van der Waals surface area (Å²) in [6.07, 6.45) is 4.91. The van der Waals surface area contributed by atoms with Gasteiger partial charge >= 0.3 is 0 Å². The van der Waals surface area contributed by atoms with Crippen LogP contribution in [0, 0.1) is 11.3 Å². The Bertz CT molecular complexity index is 457. The van der Waals surface area contributed by atoms with Crippen molar-refractivity contribution < 1.29 is 9.90 Å². The highest BCUT2D eigenvalue weighted by Gasteiger charge is 2.31. The van der Waals surface area contributed by atoms with Crippen molar-refractivity contribution in [1.82, 2.24) is 9.88 Å². The Morgan fingerprint density at radius 3 is 2.53 bits per heavy atom. The highest BCUT2D eigenvalue weighted by atomic mass is 16.3. The normalized spacial score (nSPS) is 17.5. The molecule has 4 nitrogen and oxygen atoms in total. The number of amides is 1. The van der Waals surface area contributed by atoms with Crippen molar-refractivity contribution in [3.63, 3.8) is 0 Å². The lowest BCUT2D eigenvalue weighted by atomic mass is 9.75. The van der Waals surface area contributed by atoms with E-state index in [2.05, 4.69) is 25.8 Å². The van der Waals surface area contributed by atoms with Gasteiger partial charge in [-0.1, -0.05) is 20.8 Å². The predicted octanol–water partition coefficient (Wildman–Crippen LogP) is 2.69. The molecule has 0 unspecified atom stereocenters. The van der Waals surface area contributed by atoms with E-state index in [1.165, 1.54) is 12.4 Å². The minimum atomic E-state index is -0.0905. The van der Waals surface area contributed by atoms with Crippen LogP contribution in [-0.2, 0) is 0 Å². The summed E-state index contributed by atoms with van der Waals surface area (Å²) in [6, 6.07) is 1.58. The quantitative estimate of drug-likeness (QED) is 0.846. The molecule has 2 heterocycles. The zero-order valence-corrected chi connectivity index (χ0v) is 11.9. The van der Waals surface area contributed by atoms with Crippen molar-refractivity contribution in [1.29, 1.82) is 0 Å². The van der Waals surface area contributed by atoms with E-state index in [1.807, 2.05) is 4.90 Å². The zero-order valence-electron chi connectivity index (χ0n) is 11.9. The maximum atomic E-state index is 12.3. The molecule has 1 aromatic heterocycles. The van der Waals surface area contributed by atoms with E-state index in [1.54, 1.807) is 6.07 Å². The molecule has 1 amide bonds. The SMILES string of the molecule is CC(C)(C)C1CCN(C(=O)c2ccncc2O)CC1. The first-order valence-corrected chi connectivity index (χ1v) is 6.82. The first kappa shape index (κ1) is 13.8. The molecule has 19 heavy (non-hydrogen) atoms. The summed E-state index contributed by atoms with van der Waals surface area (Å²) in [5, 5.41) is 9.68. The first-order valence-electron chi connectivity index (χ1n) is 6.82. The number of carbonyl (C=O) groups excluding carboxylic acids is 1. The van der Waals surface area contributed by atoms with Gasteiger partial charge in [-0.15, -0.1) is 0 Å². The highest BCUT2D eigenvalue weighted by Crippen LogP contribution is 2.34. The lowest BCUT2D eigenvalue weighted by Crippen LogP contribution is -2.41. The van der Waals surface area contributed by atoms with Crippen LogP contribution in [0.5, 0.6) is 5.75 Å². The van der Waals surface area contributed by atoms with Gasteiger partial charge in [0.05, 0.1) is 11.8 Å². The minimum absolute atomic E-state index is 0.0366. The van der Waals surface area contributed by atoms with Gasteiger partial charge in [-0.25, -0.2) is 0 Å². The molecule has 0 atom stereocenters. The molecule has 1 aliphatic rings. The molecule has 1 aliphatic heterocycles. The Kier molecular flexibility index (Phi) is 3.78. The number of nitrogens with zero attached hydrogens (tertiary/aromatic N) is 2. The molecule has 1 fully saturated rings. The van der Waals surface area contributed by atoms with Crippen LogP contribution < -0.4 is 0 Å². The van der Waals surface area contributed by atoms with Crippen molar-refractivity contribution in [3.8, 4) is 5.75 Å². The molecule has 0 saturated carbocycles. The van der Waals surface area contributed by atoms with E-state index >= 15 is 0 Å². The number of rotatable bonds is 1. The Morgan fingerprint density at radius 1 is 1.37 bits per heavy atom. The number of hydrogen-bond acceptors (Lipinski definition) is 3. The van der Waals surface area contributed by atoms with Gasteiger partial charge in [0.25, 0.3) is 5.91 Å². The molecule has 1 N–H and O–H groups in total. The van der Waals surface area contributed by atoms with Crippen LogP contribution in [0.15, 0.2) is 18.5 Å². The minimum Gasteiger partial charge on any atom is -0.505 e. The van der Waals surface area contributed by atoms with Crippen molar-refractivity contribution in [2.24, 2.45) is 11.3 Å². The van der Waals surface area contributed by atoms with Gasteiger partial charge in [-0.05, 0) is 30.2 Å². The highest BCUT2D eigenvalue weighted by molar-refractivity contribution is 5.96. The van der Waals surface area contributed by atoms with E-state index in [4.69, 9.17) is 0 Å². The number of hydrogen-bond donors (Lipinski definition) is 1. The molecule has 0 aliphatic carbocycles. The maximum absolute atomic E-state index is 12.3. The summed E-state index contributed by atoms with van der Waals surface area (Å²) < 4.78 is 0. The summed E-state index contributed by atoms with van der Waals surface area (Å²) in [5.74, 6) is 0.528. The third-order valence-electron chi connectivity index (χ3n) is 4.04. The van der Waals surface area contributed by atoms with E-state index in [0.29, 0.717) is 16.9 Å². The number of carbonyl (C=O) groups is 1. The molecular formula is C15H22N2O2. The second-order valence-corrected chi connectivity index (χ2v) is 6.33. The van der Waals surface area contributed by atoms with Crippen molar-refractivity contribution in [2.45, 2.75) is 33.6 Å². The maximum Gasteiger partial charge on any atom is 0.257 e. The van der Waals surface area contributed by atoms with Gasteiger partial charge in [-0.2, -0.15) is 0 Å². The number of aromatic hydroxyl groups is 1. The average molecular weight is 262 g/mol. The Hall–Kier alpha value is -1.58. The Morgan fingerprint density at radius 2 is 2.00 bits per heavy atom. The molecular weight excluding hydrogens is 240 g/mol. The largest absolute Gasteiger partial charge is 0.505 e. The number of piperidine rings is 1. The first-order chi connectivity index (χ1) is 8.89. The monoisotopic (exact) mass is 262 g/mol. The summed E-state index contributed by atoms with van der Waals surface area (Å²) in [5.41, 5.74) is 0.651. The lowest BCUT2D eigenvalue weighted by Gasteiger charge is -2.38. The molecule has 0 spiro atoms. The topological polar surface area (TPSA) is 53.4 Å². The summed E-state index contributed by atoms with van der Waals surface area (Å²) in [6.45, 7) is 8.29. The van der Waals surface area contributed by atoms with Crippen LogP contribution in [0.25, 0.3) is 0 Å². The lowest BCUT2D eigenvalue weighted by molar-refractivity contribution is 0.0606. The van der Waals surface area contributed by atoms with Crippen molar-refractivity contribution >= 4 is 5.91 Å². The Labute approximate surface area is 114 Å². The fraction of sp³-hybridized carbons (Fsp3) is 0.600. The zero-order chi connectivity index (χ0) is 14.0. The summed E-state index contributed by atoms with van der Waals surface area (Å²) >= 11 is 0. The van der Waals surface area contributed by atoms with Gasteiger partial charge in [0, 0.05) is 19.3 Å². The van der Waals surface area contributed by atoms with E-state index in [0.717, 1.165) is 25.9 Å².